The second-order valence-electron chi connectivity index (χ2n) is 8.04. The Hall–Kier alpha value is -2.39. The lowest BCUT2D eigenvalue weighted by molar-refractivity contribution is -0.0919. The molecular formula is C18H23F4N5O. The van der Waals surface area contributed by atoms with Crippen molar-refractivity contribution >= 4 is 11.7 Å². The summed E-state index contributed by atoms with van der Waals surface area (Å²) in [6.07, 6.45) is 3.74. The Balaban J connectivity index is 1.71. The van der Waals surface area contributed by atoms with Crippen LogP contribution in [-0.4, -0.2) is 50.5 Å². The molecule has 10 heteroatoms. The summed E-state index contributed by atoms with van der Waals surface area (Å²) in [6, 6.07) is 1.09. The molecule has 0 unspecified atom stereocenters. The Morgan fingerprint density at radius 1 is 1.29 bits per heavy atom. The highest BCUT2D eigenvalue weighted by atomic mass is 19.3. The minimum atomic E-state index is -2.99. The number of imidazole rings is 1. The smallest absolute Gasteiger partial charge is 0.318 e. The predicted octanol–water partition coefficient (Wildman–Crippen LogP) is 3.50. The van der Waals surface area contributed by atoms with E-state index >= 15 is 0 Å². The fraction of sp³-hybridized carbons (Fsp3) is 0.611. The standard InChI is InChI=1S/C18H23F4N5O/c1-16(2,17(3,19)20)5-4-13-9-27-14(25-13)6-12(7-24-27)8-26-11-18(21,22)10-23-15(26)28/h6-7,9H,4-5,8,10-11H2,1-3H3,(H,23,28). The molecule has 2 aromatic heterocycles. The second kappa shape index (κ2) is 6.89. The molecule has 1 aliphatic rings. The van der Waals surface area contributed by atoms with Crippen LogP contribution in [0.5, 0.6) is 0 Å². The van der Waals surface area contributed by atoms with E-state index in [1.807, 2.05) is 0 Å². The van der Waals surface area contributed by atoms with Crippen LogP contribution in [0.2, 0.25) is 0 Å². The molecule has 0 atom stereocenters. The lowest BCUT2D eigenvalue weighted by Gasteiger charge is -2.32. The summed E-state index contributed by atoms with van der Waals surface area (Å²) < 4.78 is 55.8. The van der Waals surface area contributed by atoms with E-state index in [0.717, 1.165) is 11.8 Å². The van der Waals surface area contributed by atoms with Crippen molar-refractivity contribution in [2.24, 2.45) is 5.41 Å². The van der Waals surface area contributed by atoms with Crippen molar-refractivity contribution in [1.29, 1.82) is 0 Å². The number of carbonyl (C=O) groups is 1. The maximum atomic E-state index is 13.6. The molecule has 3 rings (SSSR count). The normalized spacial score (nSPS) is 17.8. The fourth-order valence-corrected chi connectivity index (χ4v) is 2.90. The van der Waals surface area contributed by atoms with E-state index in [4.69, 9.17) is 0 Å². The summed E-state index contributed by atoms with van der Waals surface area (Å²) in [4.78, 5) is 17.2. The highest BCUT2D eigenvalue weighted by Gasteiger charge is 2.41. The Kier molecular flexibility index (Phi) is 5.01. The van der Waals surface area contributed by atoms with Gasteiger partial charge in [-0.3, -0.25) is 0 Å². The lowest BCUT2D eigenvalue weighted by atomic mass is 9.81. The van der Waals surface area contributed by atoms with Gasteiger partial charge in [-0.25, -0.2) is 31.9 Å². The van der Waals surface area contributed by atoms with Gasteiger partial charge in [-0.05, 0) is 31.4 Å². The molecule has 0 spiro atoms. The topological polar surface area (TPSA) is 62.5 Å². The Bertz CT molecular complexity index is 874. The lowest BCUT2D eigenvalue weighted by Crippen LogP contribution is -2.56. The number of fused-ring (bicyclic) bond motifs is 1. The summed E-state index contributed by atoms with van der Waals surface area (Å²) in [6.45, 7) is 2.57. The quantitative estimate of drug-likeness (QED) is 0.754. The van der Waals surface area contributed by atoms with Gasteiger partial charge in [-0.2, -0.15) is 5.10 Å². The maximum absolute atomic E-state index is 13.6. The first-order valence-corrected chi connectivity index (χ1v) is 8.98. The van der Waals surface area contributed by atoms with Gasteiger partial charge in [0.05, 0.1) is 31.2 Å². The molecule has 2 amide bonds. The van der Waals surface area contributed by atoms with Crippen molar-refractivity contribution in [1.82, 2.24) is 24.8 Å². The molecule has 1 saturated heterocycles. The van der Waals surface area contributed by atoms with Crippen molar-refractivity contribution in [3.05, 3.63) is 29.7 Å². The number of urea groups is 1. The van der Waals surface area contributed by atoms with E-state index in [9.17, 15) is 22.4 Å². The highest BCUT2D eigenvalue weighted by Crippen LogP contribution is 2.39. The third-order valence-corrected chi connectivity index (χ3v) is 5.20. The monoisotopic (exact) mass is 401 g/mol. The molecule has 154 valence electrons. The molecule has 3 heterocycles. The number of rotatable bonds is 6. The number of aromatic nitrogens is 3. The zero-order valence-corrected chi connectivity index (χ0v) is 16.0. The number of nitrogens with one attached hydrogen (secondary N) is 1. The van der Waals surface area contributed by atoms with Gasteiger partial charge >= 0.3 is 6.03 Å². The largest absolute Gasteiger partial charge is 0.332 e. The molecule has 2 aromatic rings. The van der Waals surface area contributed by atoms with Gasteiger partial charge in [0.2, 0.25) is 5.92 Å². The van der Waals surface area contributed by atoms with Crippen LogP contribution >= 0.6 is 0 Å². The number of aryl methyl sites for hydroxylation is 1. The van der Waals surface area contributed by atoms with Gasteiger partial charge in [0.15, 0.2) is 5.65 Å². The van der Waals surface area contributed by atoms with Gasteiger partial charge in [0.25, 0.3) is 5.92 Å². The predicted molar refractivity (Wildman–Crippen MR) is 94.5 cm³/mol. The number of carbonyl (C=O) groups excluding carboxylic acids is 1. The zero-order chi connectivity index (χ0) is 20.7. The fourth-order valence-electron chi connectivity index (χ4n) is 2.90. The van der Waals surface area contributed by atoms with Crippen LogP contribution < -0.4 is 5.32 Å². The molecular weight excluding hydrogens is 378 g/mol. The van der Waals surface area contributed by atoms with Gasteiger partial charge < -0.3 is 10.2 Å². The van der Waals surface area contributed by atoms with E-state index in [1.54, 1.807) is 12.3 Å². The second-order valence-corrected chi connectivity index (χ2v) is 8.04. The van der Waals surface area contributed by atoms with Crippen LogP contribution in [0.25, 0.3) is 5.65 Å². The number of hydrogen-bond donors (Lipinski definition) is 1. The SMILES string of the molecule is CC(F)(F)C(C)(C)CCc1cn2ncc(CN3CC(F)(F)CNC3=O)cc2n1. The van der Waals surface area contributed by atoms with Gasteiger partial charge in [-0.1, -0.05) is 13.8 Å². The van der Waals surface area contributed by atoms with Crippen LogP contribution in [-0.2, 0) is 13.0 Å². The summed E-state index contributed by atoms with van der Waals surface area (Å²) in [7, 11) is 0. The van der Waals surface area contributed by atoms with E-state index in [-0.39, 0.29) is 13.0 Å². The molecule has 0 saturated carbocycles. The third-order valence-electron chi connectivity index (χ3n) is 5.20. The van der Waals surface area contributed by atoms with Crippen molar-refractivity contribution in [2.45, 2.75) is 52.0 Å². The Morgan fingerprint density at radius 2 is 2.00 bits per heavy atom. The van der Waals surface area contributed by atoms with Crippen molar-refractivity contribution in [3.63, 3.8) is 0 Å². The first kappa shape index (κ1) is 20.3. The average Bonchev–Trinajstić information content (AvgIpc) is 2.97. The van der Waals surface area contributed by atoms with E-state index in [2.05, 4.69) is 15.4 Å². The van der Waals surface area contributed by atoms with Gasteiger partial charge in [0.1, 0.15) is 0 Å². The van der Waals surface area contributed by atoms with Crippen LogP contribution in [0.1, 0.15) is 38.4 Å². The van der Waals surface area contributed by atoms with Gasteiger partial charge in [-0.15, -0.1) is 0 Å². The number of hydrogen-bond acceptors (Lipinski definition) is 3. The van der Waals surface area contributed by atoms with E-state index in [1.165, 1.54) is 24.6 Å². The van der Waals surface area contributed by atoms with Gasteiger partial charge in [0, 0.05) is 12.0 Å². The molecule has 0 bridgehead atoms. The number of amides is 2. The Morgan fingerprint density at radius 3 is 2.68 bits per heavy atom. The minimum absolute atomic E-state index is 0.0256. The number of halogens is 4. The number of nitrogens with zero attached hydrogens (tertiary/aromatic N) is 4. The van der Waals surface area contributed by atoms with Crippen molar-refractivity contribution < 1.29 is 22.4 Å². The molecule has 0 aliphatic carbocycles. The van der Waals surface area contributed by atoms with Crippen LogP contribution in [0.15, 0.2) is 18.5 Å². The summed E-state index contributed by atoms with van der Waals surface area (Å²) in [5, 5.41) is 6.34. The molecule has 1 fully saturated rings. The Labute approximate surface area is 159 Å². The minimum Gasteiger partial charge on any atom is -0.332 e. The highest BCUT2D eigenvalue weighted by molar-refractivity contribution is 5.75. The van der Waals surface area contributed by atoms with Crippen LogP contribution in [0.4, 0.5) is 22.4 Å². The van der Waals surface area contributed by atoms with Crippen molar-refractivity contribution in [2.75, 3.05) is 13.1 Å². The summed E-state index contributed by atoms with van der Waals surface area (Å²) >= 11 is 0. The number of alkyl halides is 4. The molecule has 1 N–H and O–H groups in total. The maximum Gasteiger partial charge on any atom is 0.318 e. The molecule has 0 aromatic carbocycles. The van der Waals surface area contributed by atoms with Crippen LogP contribution in [0.3, 0.4) is 0 Å². The van der Waals surface area contributed by atoms with Crippen LogP contribution in [0, 0.1) is 5.41 Å². The van der Waals surface area contributed by atoms with E-state index in [0.29, 0.717) is 23.3 Å². The third kappa shape index (κ3) is 4.36. The zero-order valence-electron chi connectivity index (χ0n) is 16.0. The van der Waals surface area contributed by atoms with Crippen molar-refractivity contribution in [3.8, 4) is 0 Å². The van der Waals surface area contributed by atoms with E-state index < -0.39 is 36.4 Å². The summed E-state index contributed by atoms with van der Waals surface area (Å²) in [5.74, 6) is -5.80. The molecule has 0 radical (unpaired) electrons. The molecule has 28 heavy (non-hydrogen) atoms. The summed E-state index contributed by atoms with van der Waals surface area (Å²) in [5.41, 5.74) is 0.466. The molecule has 1 aliphatic heterocycles. The average molecular weight is 401 g/mol. The first-order valence-electron chi connectivity index (χ1n) is 8.98. The molecule has 6 nitrogen and oxygen atoms in total. The first-order chi connectivity index (χ1) is 12.9.